The topological polar surface area (TPSA) is 247 Å². The fourth-order valence-electron chi connectivity index (χ4n) is 9.50. The highest BCUT2D eigenvalue weighted by Crippen LogP contribution is 2.52. The number of amides is 2. The number of Topliss-reactive ketones (excluding diaryl/α,β-unsaturated/α-hetero) is 3. The van der Waals surface area contributed by atoms with Crippen LogP contribution in [-0.4, -0.2) is 90.0 Å². The molecule has 6 rings (SSSR count). The molecule has 1 saturated carbocycles. The summed E-state index contributed by atoms with van der Waals surface area (Å²) in [7, 11) is 1.51. The number of ether oxygens (including phenoxy) is 2. The summed E-state index contributed by atoms with van der Waals surface area (Å²) < 4.78 is 12.3. The number of fused-ring (bicyclic) bond motifs is 5. The smallest absolute Gasteiger partial charge is 0.226 e. The Morgan fingerprint density at radius 1 is 0.897 bits per heavy atom. The molecule has 4 aromatic rings. The van der Waals surface area contributed by atoms with Crippen molar-refractivity contribution in [2.24, 2.45) is 29.0 Å². The molecule has 1 aromatic heterocycles. The molecule has 4 bridgehead atoms. The zero-order valence-electron chi connectivity index (χ0n) is 40.1. The van der Waals surface area contributed by atoms with Crippen molar-refractivity contribution in [3.63, 3.8) is 0 Å². The zero-order chi connectivity index (χ0) is 49.1. The molecule has 7 N–H and O–H groups in total. The summed E-state index contributed by atoms with van der Waals surface area (Å²) >= 11 is 0. The fraction of sp³-hybridized carbons (Fsp3) is 0.472. The van der Waals surface area contributed by atoms with Gasteiger partial charge in [-0.3, -0.25) is 24.0 Å². The molecule has 15 nitrogen and oxygen atoms in total. The van der Waals surface area contributed by atoms with E-state index < -0.39 is 41.5 Å². The van der Waals surface area contributed by atoms with Crippen molar-refractivity contribution in [1.82, 2.24) is 20.2 Å². The molecule has 2 aliphatic rings. The number of carbonyl (C=O) groups excluding carboxylic acids is 5. The van der Waals surface area contributed by atoms with Gasteiger partial charge in [0.2, 0.25) is 11.8 Å². The lowest BCUT2D eigenvalue weighted by Crippen LogP contribution is -2.46. The van der Waals surface area contributed by atoms with E-state index >= 15 is 0 Å². The Balaban J connectivity index is 1.36. The minimum Gasteiger partial charge on any atom is -0.492 e. The first-order chi connectivity index (χ1) is 32.7. The number of hydrogen-bond donors (Lipinski definition) is 4. The van der Waals surface area contributed by atoms with Crippen molar-refractivity contribution in [1.29, 1.82) is 5.26 Å². The quantitative estimate of drug-likeness (QED) is 0.0724. The van der Waals surface area contributed by atoms with Gasteiger partial charge in [-0.1, -0.05) is 56.7 Å². The number of hydrogen-bond acceptors (Lipinski definition) is 13. The molecule has 0 spiro atoms. The van der Waals surface area contributed by atoms with Crippen LogP contribution in [0, 0.1) is 37.0 Å². The lowest BCUT2D eigenvalue weighted by molar-refractivity contribution is -0.142. The van der Waals surface area contributed by atoms with Gasteiger partial charge in [-0.15, -0.1) is 0 Å². The summed E-state index contributed by atoms with van der Waals surface area (Å²) in [5.74, 6) is -2.61. The van der Waals surface area contributed by atoms with Crippen LogP contribution in [0.3, 0.4) is 0 Å². The zero-order valence-corrected chi connectivity index (χ0v) is 40.1. The molecule has 4 atom stereocenters. The highest BCUT2D eigenvalue weighted by atomic mass is 16.5. The second-order valence-corrected chi connectivity index (χ2v) is 18.3. The molecule has 360 valence electrons. The number of likely N-dealkylation sites (N-methyl/N-ethyl adjacent to an activating group) is 1. The van der Waals surface area contributed by atoms with Gasteiger partial charge in [-0.2, -0.15) is 5.26 Å². The summed E-state index contributed by atoms with van der Waals surface area (Å²) in [5.41, 5.74) is 23.8. The van der Waals surface area contributed by atoms with E-state index in [-0.39, 0.29) is 88.4 Å². The number of nitrogens with zero attached hydrogens (tertiary/aromatic N) is 4. The van der Waals surface area contributed by atoms with Gasteiger partial charge in [0, 0.05) is 74.3 Å². The lowest BCUT2D eigenvalue weighted by Gasteiger charge is -2.32. The van der Waals surface area contributed by atoms with Crippen LogP contribution >= 0.6 is 0 Å². The molecule has 68 heavy (non-hydrogen) atoms. The molecule has 0 unspecified atom stereocenters. The summed E-state index contributed by atoms with van der Waals surface area (Å²) in [6.45, 7) is 8.20. The first-order valence-corrected chi connectivity index (χ1v) is 23.8. The maximum Gasteiger partial charge on any atom is 0.226 e. The van der Waals surface area contributed by atoms with Crippen LogP contribution in [-0.2, 0) is 31.0 Å². The number of aromatic nitrogens is 2. The molecular weight excluding hydrogens is 861 g/mol. The SMILES string of the molecule is CCCC1(c2ccc(-c3nc(C)c(C(=O)C[C@@H](CCN)C(=O)N(C)[C@@H]4C(=O)C[C@@H](C)C(=O)N[C@H](C(=O)CCC#N)Cc5ccc(OCCN)c(c5)-c5cc4ccc5OCCN)c(C)n3)cc2)CC1. The Kier molecular flexibility index (Phi) is 17.4. The van der Waals surface area contributed by atoms with E-state index in [1.165, 1.54) is 30.4 Å². The molecule has 0 radical (unpaired) electrons. The second kappa shape index (κ2) is 23.1. The van der Waals surface area contributed by atoms with Crippen molar-refractivity contribution in [2.45, 2.75) is 109 Å². The first kappa shape index (κ1) is 51.1. The predicted molar refractivity (Wildman–Crippen MR) is 260 cm³/mol. The molecule has 1 aliphatic carbocycles. The monoisotopic (exact) mass is 927 g/mol. The maximum atomic E-state index is 14.9. The third-order valence-electron chi connectivity index (χ3n) is 13.2. The molecule has 0 saturated heterocycles. The van der Waals surface area contributed by atoms with E-state index in [9.17, 15) is 29.2 Å². The minimum atomic E-state index is -1.24. The third kappa shape index (κ3) is 11.8. The van der Waals surface area contributed by atoms with Gasteiger partial charge in [0.1, 0.15) is 30.8 Å². The molecule has 2 heterocycles. The average Bonchev–Trinajstić information content (AvgIpc) is 4.11. The molecule has 3 aromatic carbocycles. The summed E-state index contributed by atoms with van der Waals surface area (Å²) in [6, 6.07) is 18.7. The fourth-order valence-corrected chi connectivity index (χ4v) is 9.50. The van der Waals surface area contributed by atoms with Crippen molar-refractivity contribution in [3.8, 4) is 40.1 Å². The Morgan fingerprint density at radius 3 is 2.12 bits per heavy atom. The lowest BCUT2D eigenvalue weighted by atomic mass is 9.88. The van der Waals surface area contributed by atoms with E-state index in [4.69, 9.17) is 36.6 Å². The largest absolute Gasteiger partial charge is 0.492 e. The standard InChI is InChI=1S/C53H66N8O7/c1-6-18-53(19-20-53)39-13-10-36(11-14-39)50-58-33(3)48(34(4)59-50)44(63)31-38(17-22-55)52(66)61(5)49-37-12-16-47(68-26-24-57)41(30-37)40-28-35(9-15-46(40)67-25-23-56)29-42(43(62)8-7-21-54)60-51(65)32(2)27-45(49)64/h9-16,28,30,32,38,42,49H,6-8,17-20,22-27,29,31,55-57H2,1-5H3,(H,60,65)/t32-,38-,42+,49+/m1/s1. The Labute approximate surface area is 399 Å². The average molecular weight is 927 g/mol. The number of aryl methyl sites for hydroxylation is 2. The van der Waals surface area contributed by atoms with Gasteiger partial charge in [0.15, 0.2) is 23.2 Å². The van der Waals surface area contributed by atoms with E-state index in [1.54, 1.807) is 51.1 Å². The van der Waals surface area contributed by atoms with Crippen molar-refractivity contribution in [2.75, 3.05) is 39.9 Å². The normalized spacial score (nSPS) is 18.1. The van der Waals surface area contributed by atoms with Crippen molar-refractivity contribution < 1.29 is 33.4 Å². The molecular formula is C53H66N8O7. The number of ketones is 3. The van der Waals surface area contributed by atoms with E-state index in [1.807, 2.05) is 24.3 Å². The number of nitrogens with two attached hydrogens (primary N) is 3. The van der Waals surface area contributed by atoms with E-state index in [0.29, 0.717) is 56.5 Å². The third-order valence-corrected chi connectivity index (χ3v) is 13.2. The van der Waals surface area contributed by atoms with Gasteiger partial charge < -0.3 is 36.9 Å². The molecule has 2 amide bonds. The molecule has 1 fully saturated rings. The maximum absolute atomic E-state index is 14.9. The minimum absolute atomic E-state index is 0.0301. The number of rotatable bonds is 20. The van der Waals surface area contributed by atoms with Gasteiger partial charge in [-0.25, -0.2) is 9.97 Å². The van der Waals surface area contributed by atoms with Crippen LogP contribution in [0.1, 0.15) is 116 Å². The van der Waals surface area contributed by atoms with Crippen LogP contribution < -0.4 is 32.0 Å². The van der Waals surface area contributed by atoms with Crippen LogP contribution in [0.5, 0.6) is 11.5 Å². The second-order valence-electron chi connectivity index (χ2n) is 18.3. The summed E-state index contributed by atoms with van der Waals surface area (Å²) in [4.78, 5) is 82.2. The Bertz CT molecular complexity index is 2510. The van der Waals surface area contributed by atoms with Crippen LogP contribution in [0.2, 0.25) is 0 Å². The summed E-state index contributed by atoms with van der Waals surface area (Å²) in [6.07, 6.45) is 4.31. The van der Waals surface area contributed by atoms with Gasteiger partial charge in [0.25, 0.3) is 0 Å². The first-order valence-electron chi connectivity index (χ1n) is 23.8. The van der Waals surface area contributed by atoms with Crippen LogP contribution in [0.15, 0.2) is 60.7 Å². The molecule has 1 aliphatic heterocycles. The highest BCUT2D eigenvalue weighted by molar-refractivity contribution is 6.01. The van der Waals surface area contributed by atoms with E-state index in [2.05, 4.69) is 24.4 Å². The number of benzene rings is 3. The number of nitrogens with one attached hydrogen (secondary N) is 1. The summed E-state index contributed by atoms with van der Waals surface area (Å²) in [5, 5.41) is 12.1. The Hall–Kier alpha value is -6.34. The van der Waals surface area contributed by atoms with Gasteiger partial charge in [0.05, 0.1) is 29.1 Å². The number of carbonyl (C=O) groups is 5. The Morgan fingerprint density at radius 2 is 1.53 bits per heavy atom. The van der Waals surface area contributed by atoms with E-state index in [0.717, 1.165) is 18.4 Å². The van der Waals surface area contributed by atoms with Gasteiger partial charge >= 0.3 is 0 Å². The van der Waals surface area contributed by atoms with Crippen molar-refractivity contribution >= 4 is 29.2 Å². The van der Waals surface area contributed by atoms with Crippen LogP contribution in [0.4, 0.5) is 0 Å². The molecule has 15 heteroatoms. The van der Waals surface area contributed by atoms with Crippen LogP contribution in [0.25, 0.3) is 22.5 Å². The van der Waals surface area contributed by atoms with Crippen molar-refractivity contribution in [3.05, 3.63) is 94.3 Å². The predicted octanol–water partition coefficient (Wildman–Crippen LogP) is 6.18. The van der Waals surface area contributed by atoms with Gasteiger partial charge in [-0.05, 0) is 98.9 Å². The number of nitriles is 1. The highest BCUT2D eigenvalue weighted by Gasteiger charge is 2.43.